The summed E-state index contributed by atoms with van der Waals surface area (Å²) in [7, 11) is 1.39. The van der Waals surface area contributed by atoms with E-state index in [2.05, 4.69) is 30.6 Å². The summed E-state index contributed by atoms with van der Waals surface area (Å²) < 4.78 is 5.42. The van der Waals surface area contributed by atoms with Gasteiger partial charge < -0.3 is 9.64 Å². The highest BCUT2D eigenvalue weighted by molar-refractivity contribution is 9.10. The molecule has 0 unspecified atom stereocenters. The van der Waals surface area contributed by atoms with Crippen LogP contribution in [0.2, 0.25) is 0 Å². The zero-order valence-electron chi connectivity index (χ0n) is 9.31. The van der Waals surface area contributed by atoms with Gasteiger partial charge in [0.25, 0.3) is 0 Å². The van der Waals surface area contributed by atoms with E-state index in [1.807, 2.05) is 11.8 Å². The molecule has 1 heterocycles. The lowest BCUT2D eigenvalue weighted by atomic mass is 10.3. The number of esters is 1. The van der Waals surface area contributed by atoms with Gasteiger partial charge in [0.2, 0.25) is 0 Å². The van der Waals surface area contributed by atoms with Crippen molar-refractivity contribution in [1.82, 2.24) is 9.97 Å². The van der Waals surface area contributed by atoms with Gasteiger partial charge in [-0.05, 0) is 22.9 Å². The molecule has 0 radical (unpaired) electrons. The highest BCUT2D eigenvalue weighted by Gasteiger charge is 2.11. The summed E-state index contributed by atoms with van der Waals surface area (Å²) in [5.41, 5.74) is 0. The number of ether oxygens (including phenoxy) is 1. The standard InChI is InChI=1S/C10H14BrN3O2/c1-3-14(5-4-9(15)16-2)10-8(11)6-12-7-13-10/h6-7H,3-5H2,1-2H3. The van der Waals surface area contributed by atoms with Crippen molar-refractivity contribution in [2.45, 2.75) is 13.3 Å². The molecule has 0 amide bonds. The Morgan fingerprint density at radius 1 is 1.62 bits per heavy atom. The molecule has 5 nitrogen and oxygen atoms in total. The summed E-state index contributed by atoms with van der Waals surface area (Å²) in [4.78, 5) is 21.1. The zero-order chi connectivity index (χ0) is 12.0. The number of carbonyl (C=O) groups is 1. The maximum absolute atomic E-state index is 11.1. The number of halogens is 1. The molecule has 1 aromatic rings. The maximum atomic E-state index is 11.1. The minimum absolute atomic E-state index is 0.219. The normalized spacial score (nSPS) is 9.94. The molecule has 6 heteroatoms. The van der Waals surface area contributed by atoms with Crippen molar-refractivity contribution in [2.75, 3.05) is 25.1 Å². The first-order valence-corrected chi connectivity index (χ1v) is 5.75. The van der Waals surface area contributed by atoms with E-state index in [-0.39, 0.29) is 5.97 Å². The molecule has 0 atom stereocenters. The quantitative estimate of drug-likeness (QED) is 0.771. The minimum atomic E-state index is -0.219. The third kappa shape index (κ3) is 3.44. The highest BCUT2D eigenvalue weighted by Crippen LogP contribution is 2.21. The van der Waals surface area contributed by atoms with Crippen LogP contribution in [0.5, 0.6) is 0 Å². The molecular formula is C10H14BrN3O2. The van der Waals surface area contributed by atoms with Gasteiger partial charge in [0.1, 0.15) is 12.1 Å². The average molecular weight is 288 g/mol. The van der Waals surface area contributed by atoms with Crippen molar-refractivity contribution in [3.05, 3.63) is 17.0 Å². The maximum Gasteiger partial charge on any atom is 0.307 e. The molecule has 1 rings (SSSR count). The Labute approximate surface area is 103 Å². The fourth-order valence-corrected chi connectivity index (χ4v) is 1.75. The summed E-state index contributed by atoms with van der Waals surface area (Å²) in [6, 6.07) is 0. The Bertz CT molecular complexity index is 360. The molecule has 0 N–H and O–H groups in total. The lowest BCUT2D eigenvalue weighted by molar-refractivity contribution is -0.140. The molecule has 0 aliphatic heterocycles. The summed E-state index contributed by atoms with van der Waals surface area (Å²) >= 11 is 3.38. The van der Waals surface area contributed by atoms with E-state index in [1.54, 1.807) is 6.20 Å². The topological polar surface area (TPSA) is 55.3 Å². The predicted octanol–water partition coefficient (Wildman–Crippen LogP) is 1.63. The molecule has 16 heavy (non-hydrogen) atoms. The number of carbonyl (C=O) groups excluding carboxylic acids is 1. The van der Waals surface area contributed by atoms with Crippen molar-refractivity contribution in [3.8, 4) is 0 Å². The fourth-order valence-electron chi connectivity index (χ4n) is 1.28. The summed E-state index contributed by atoms with van der Waals surface area (Å²) in [5, 5.41) is 0. The van der Waals surface area contributed by atoms with Crippen LogP contribution >= 0.6 is 15.9 Å². The molecule has 0 saturated carbocycles. The molecule has 0 aliphatic rings. The van der Waals surface area contributed by atoms with Crippen molar-refractivity contribution in [1.29, 1.82) is 0 Å². The SMILES string of the molecule is CCN(CCC(=O)OC)c1ncncc1Br. The van der Waals surface area contributed by atoms with Gasteiger partial charge in [-0.15, -0.1) is 0 Å². The highest BCUT2D eigenvalue weighted by atomic mass is 79.9. The fraction of sp³-hybridized carbons (Fsp3) is 0.500. The Balaban J connectivity index is 2.68. The largest absolute Gasteiger partial charge is 0.469 e. The second-order valence-corrected chi connectivity index (χ2v) is 3.95. The Morgan fingerprint density at radius 3 is 2.94 bits per heavy atom. The number of rotatable bonds is 5. The monoisotopic (exact) mass is 287 g/mol. The summed E-state index contributed by atoms with van der Waals surface area (Å²) in [5.74, 6) is 0.574. The van der Waals surface area contributed by atoms with E-state index < -0.39 is 0 Å². The molecule has 0 aromatic carbocycles. The second kappa shape index (κ2) is 6.42. The van der Waals surface area contributed by atoms with Crippen LogP contribution in [-0.4, -0.2) is 36.1 Å². The molecule has 0 fully saturated rings. The third-order valence-electron chi connectivity index (χ3n) is 2.14. The predicted molar refractivity (Wildman–Crippen MR) is 64.3 cm³/mol. The number of nitrogens with zero attached hydrogens (tertiary/aromatic N) is 3. The van der Waals surface area contributed by atoms with E-state index in [4.69, 9.17) is 0 Å². The van der Waals surface area contributed by atoms with Gasteiger partial charge >= 0.3 is 5.97 Å². The van der Waals surface area contributed by atoms with E-state index in [0.29, 0.717) is 13.0 Å². The van der Waals surface area contributed by atoms with Gasteiger partial charge in [0.05, 0.1) is 18.0 Å². The van der Waals surface area contributed by atoms with E-state index in [1.165, 1.54) is 13.4 Å². The second-order valence-electron chi connectivity index (χ2n) is 3.10. The Kier molecular flexibility index (Phi) is 5.18. The Morgan fingerprint density at radius 2 is 2.38 bits per heavy atom. The van der Waals surface area contributed by atoms with Crippen molar-refractivity contribution in [3.63, 3.8) is 0 Å². The first-order chi connectivity index (χ1) is 7.69. The summed E-state index contributed by atoms with van der Waals surface area (Å²) in [6.45, 7) is 3.36. The lowest BCUT2D eigenvalue weighted by Crippen LogP contribution is -2.27. The van der Waals surface area contributed by atoms with Crippen LogP contribution in [0.3, 0.4) is 0 Å². The van der Waals surface area contributed by atoms with E-state index >= 15 is 0 Å². The zero-order valence-corrected chi connectivity index (χ0v) is 10.9. The van der Waals surface area contributed by atoms with Gasteiger partial charge in [0.15, 0.2) is 0 Å². The molecule has 0 aliphatic carbocycles. The van der Waals surface area contributed by atoms with Gasteiger partial charge in [-0.25, -0.2) is 9.97 Å². The van der Waals surface area contributed by atoms with E-state index in [0.717, 1.165) is 16.8 Å². The van der Waals surface area contributed by atoms with Crippen LogP contribution in [-0.2, 0) is 9.53 Å². The number of hydrogen-bond donors (Lipinski definition) is 0. The number of anilines is 1. The van der Waals surface area contributed by atoms with Gasteiger partial charge in [0, 0.05) is 19.3 Å². The van der Waals surface area contributed by atoms with Gasteiger partial charge in [-0.1, -0.05) is 0 Å². The first kappa shape index (κ1) is 12.9. The molecule has 0 saturated heterocycles. The molecule has 1 aromatic heterocycles. The Hall–Kier alpha value is -1.17. The number of hydrogen-bond acceptors (Lipinski definition) is 5. The van der Waals surface area contributed by atoms with Gasteiger partial charge in [-0.3, -0.25) is 4.79 Å². The van der Waals surface area contributed by atoms with Crippen LogP contribution in [0.1, 0.15) is 13.3 Å². The van der Waals surface area contributed by atoms with Crippen molar-refractivity contribution < 1.29 is 9.53 Å². The molecule has 0 spiro atoms. The van der Waals surface area contributed by atoms with Crippen LogP contribution in [0.4, 0.5) is 5.82 Å². The lowest BCUT2D eigenvalue weighted by Gasteiger charge is -2.21. The average Bonchev–Trinajstić information content (AvgIpc) is 2.31. The van der Waals surface area contributed by atoms with E-state index in [9.17, 15) is 4.79 Å². The molecular weight excluding hydrogens is 274 g/mol. The molecule has 88 valence electrons. The third-order valence-corrected chi connectivity index (χ3v) is 2.70. The van der Waals surface area contributed by atoms with Crippen LogP contribution < -0.4 is 4.90 Å². The summed E-state index contributed by atoms with van der Waals surface area (Å²) in [6.07, 6.45) is 3.52. The number of aromatic nitrogens is 2. The smallest absolute Gasteiger partial charge is 0.307 e. The van der Waals surface area contributed by atoms with Gasteiger partial charge in [-0.2, -0.15) is 0 Å². The number of methoxy groups -OCH3 is 1. The van der Waals surface area contributed by atoms with Crippen molar-refractivity contribution >= 4 is 27.7 Å². The molecule has 0 bridgehead atoms. The van der Waals surface area contributed by atoms with Crippen LogP contribution in [0.25, 0.3) is 0 Å². The van der Waals surface area contributed by atoms with Crippen LogP contribution in [0.15, 0.2) is 17.0 Å². The first-order valence-electron chi connectivity index (χ1n) is 4.96. The van der Waals surface area contributed by atoms with Crippen LogP contribution in [0, 0.1) is 0 Å². The minimum Gasteiger partial charge on any atom is -0.469 e. The van der Waals surface area contributed by atoms with Crippen molar-refractivity contribution in [2.24, 2.45) is 0 Å².